The van der Waals surface area contributed by atoms with Crippen molar-refractivity contribution in [1.29, 1.82) is 0 Å². The molecule has 2 N–H and O–H groups in total. The number of alkyl halides is 3. The molecule has 0 aromatic carbocycles. The topological polar surface area (TPSA) is 81.2 Å². The van der Waals surface area contributed by atoms with E-state index in [2.05, 4.69) is 28.8 Å². The van der Waals surface area contributed by atoms with Gasteiger partial charge in [0.15, 0.2) is 11.0 Å². The van der Waals surface area contributed by atoms with Gasteiger partial charge in [-0.25, -0.2) is 4.99 Å². The van der Waals surface area contributed by atoms with E-state index in [-0.39, 0.29) is 21.9 Å². The number of amidine groups is 1. The first-order valence-corrected chi connectivity index (χ1v) is 10.2. The number of nitrogens with two attached hydrogens (primary N) is 1. The summed E-state index contributed by atoms with van der Waals surface area (Å²) < 4.78 is 38.2. The molecule has 5 nitrogen and oxygen atoms in total. The third kappa shape index (κ3) is 4.95. The Labute approximate surface area is 181 Å². The predicted molar refractivity (Wildman–Crippen MR) is 112 cm³/mol. The molecule has 2 aromatic rings. The van der Waals surface area contributed by atoms with Gasteiger partial charge in [-0.05, 0) is 37.1 Å². The van der Waals surface area contributed by atoms with E-state index in [1.165, 1.54) is 11.8 Å². The summed E-state index contributed by atoms with van der Waals surface area (Å²) in [5, 5.41) is 0.136. The number of hydrogen-bond donors (Lipinski definition) is 1. The molecular formula is C20H20ClF3N4OS. The summed E-state index contributed by atoms with van der Waals surface area (Å²) in [4.78, 5) is 25.3. The minimum absolute atomic E-state index is 0.0823. The highest BCUT2D eigenvalue weighted by Crippen LogP contribution is 2.44. The highest BCUT2D eigenvalue weighted by molar-refractivity contribution is 8.15. The van der Waals surface area contributed by atoms with Gasteiger partial charge >= 0.3 is 6.18 Å². The lowest BCUT2D eigenvalue weighted by atomic mass is 9.86. The summed E-state index contributed by atoms with van der Waals surface area (Å²) in [6.07, 6.45) is -1.78. The van der Waals surface area contributed by atoms with Crippen LogP contribution in [0, 0.1) is 0 Å². The number of Topliss-reactive ketones (excluding diaryl/α,β-unsaturated/α-hetero) is 1. The van der Waals surface area contributed by atoms with Gasteiger partial charge < -0.3 is 5.73 Å². The molecule has 0 aliphatic carbocycles. The Morgan fingerprint density at radius 1 is 1.27 bits per heavy atom. The van der Waals surface area contributed by atoms with Gasteiger partial charge in [-0.1, -0.05) is 37.2 Å². The molecule has 10 heteroatoms. The third-order valence-corrected chi connectivity index (χ3v) is 5.97. The van der Waals surface area contributed by atoms with Gasteiger partial charge in [-0.3, -0.25) is 14.8 Å². The number of aromatic nitrogens is 2. The molecular weight excluding hydrogens is 437 g/mol. The first-order chi connectivity index (χ1) is 13.8. The maximum atomic E-state index is 12.8. The van der Waals surface area contributed by atoms with Gasteiger partial charge in [0.05, 0.1) is 16.3 Å². The number of rotatable bonds is 4. The van der Waals surface area contributed by atoms with E-state index in [9.17, 15) is 18.0 Å². The molecule has 0 bridgehead atoms. The molecule has 3 heterocycles. The van der Waals surface area contributed by atoms with Crippen LogP contribution in [0.2, 0.25) is 5.02 Å². The molecule has 2 aromatic heterocycles. The monoisotopic (exact) mass is 456 g/mol. The molecule has 0 saturated heterocycles. The highest BCUT2D eigenvalue weighted by Gasteiger charge is 2.40. The fourth-order valence-electron chi connectivity index (χ4n) is 3.55. The second-order valence-corrected chi connectivity index (χ2v) is 10.1. The van der Waals surface area contributed by atoms with E-state index in [0.29, 0.717) is 35.1 Å². The van der Waals surface area contributed by atoms with E-state index in [1.54, 1.807) is 18.3 Å². The number of nitrogens with zero attached hydrogens (tertiary/aromatic N) is 3. The van der Waals surface area contributed by atoms with Crippen LogP contribution in [0.4, 0.5) is 13.2 Å². The van der Waals surface area contributed by atoms with Gasteiger partial charge in [0.25, 0.3) is 0 Å². The number of thioether (sulfide) groups is 1. The first-order valence-electron chi connectivity index (χ1n) is 9.05. The van der Waals surface area contributed by atoms with Gasteiger partial charge in [-0.2, -0.15) is 13.2 Å². The summed E-state index contributed by atoms with van der Waals surface area (Å²) in [6.45, 7) is 6.08. The molecule has 0 radical (unpaired) electrons. The number of aliphatic imine (C=N–C) groups is 1. The third-order valence-electron chi connectivity index (χ3n) is 4.68. The zero-order valence-corrected chi connectivity index (χ0v) is 18.1. The van der Waals surface area contributed by atoms with Crippen molar-refractivity contribution in [2.75, 3.05) is 0 Å². The minimum atomic E-state index is -4.58. The van der Waals surface area contributed by atoms with Crippen LogP contribution in [0.5, 0.6) is 0 Å². The highest BCUT2D eigenvalue weighted by atomic mass is 35.5. The average molecular weight is 457 g/mol. The van der Waals surface area contributed by atoms with E-state index in [1.807, 2.05) is 6.92 Å². The van der Waals surface area contributed by atoms with Crippen molar-refractivity contribution >= 4 is 34.3 Å². The summed E-state index contributed by atoms with van der Waals surface area (Å²) in [5.41, 5.74) is 5.45. The number of pyridine rings is 2. The molecule has 3 rings (SSSR count). The molecule has 0 saturated carbocycles. The van der Waals surface area contributed by atoms with Crippen LogP contribution in [0.1, 0.15) is 54.5 Å². The lowest BCUT2D eigenvalue weighted by molar-refractivity contribution is -0.137. The summed E-state index contributed by atoms with van der Waals surface area (Å²) in [5.74, 6) is -0.487. The number of ketones is 1. The largest absolute Gasteiger partial charge is 0.417 e. The Bertz CT molecular complexity index is 1030. The van der Waals surface area contributed by atoms with Crippen molar-refractivity contribution in [3.05, 3.63) is 58.1 Å². The molecule has 30 heavy (non-hydrogen) atoms. The van der Waals surface area contributed by atoms with Gasteiger partial charge in [0, 0.05) is 23.6 Å². The second kappa shape index (κ2) is 7.85. The van der Waals surface area contributed by atoms with Crippen molar-refractivity contribution in [2.45, 2.75) is 50.1 Å². The van der Waals surface area contributed by atoms with E-state index in [0.717, 1.165) is 0 Å². The van der Waals surface area contributed by atoms with E-state index >= 15 is 0 Å². The van der Waals surface area contributed by atoms with E-state index in [4.69, 9.17) is 17.3 Å². The Kier molecular flexibility index (Phi) is 5.90. The van der Waals surface area contributed by atoms with Crippen LogP contribution in [-0.2, 0) is 18.1 Å². The number of carbonyl (C=O) groups is 1. The average Bonchev–Trinajstić information content (AvgIpc) is 2.59. The van der Waals surface area contributed by atoms with Crippen LogP contribution >= 0.6 is 23.4 Å². The predicted octanol–water partition coefficient (Wildman–Crippen LogP) is 5.02. The lowest BCUT2D eigenvalue weighted by Crippen LogP contribution is -2.38. The maximum absolute atomic E-state index is 12.8. The van der Waals surface area contributed by atoms with Crippen LogP contribution in [0.25, 0.3) is 0 Å². The van der Waals surface area contributed by atoms with Gasteiger partial charge in [0.1, 0.15) is 11.2 Å². The molecule has 0 spiro atoms. The Balaban J connectivity index is 1.86. The second-order valence-electron chi connectivity index (χ2n) is 7.96. The molecule has 1 aliphatic rings. The molecule has 0 fully saturated rings. The van der Waals surface area contributed by atoms with Crippen LogP contribution in [0.15, 0.2) is 35.6 Å². The maximum Gasteiger partial charge on any atom is 0.417 e. The quantitative estimate of drug-likeness (QED) is 0.653. The molecule has 160 valence electrons. The Hall–Kier alpha value is -2.13. The molecule has 0 unspecified atom stereocenters. The van der Waals surface area contributed by atoms with Crippen LogP contribution < -0.4 is 5.73 Å². The zero-order valence-electron chi connectivity index (χ0n) is 16.5. The SMILES string of the molecule is CC1(C)C[C@@](C)(c2cc(CC(=O)c3ncc(C(F)(F)F)cc3Cl)ccn2)N=C(N)S1. The summed E-state index contributed by atoms with van der Waals surface area (Å²) in [7, 11) is 0. The van der Waals surface area contributed by atoms with Crippen LogP contribution in [0.3, 0.4) is 0 Å². The van der Waals surface area contributed by atoms with Crippen LogP contribution in [-0.4, -0.2) is 25.7 Å². The normalized spacial score (nSPS) is 21.2. The van der Waals surface area contributed by atoms with Crippen molar-refractivity contribution in [2.24, 2.45) is 10.7 Å². The lowest BCUT2D eigenvalue weighted by Gasteiger charge is -2.38. The van der Waals surface area contributed by atoms with Gasteiger partial charge in [-0.15, -0.1) is 0 Å². The van der Waals surface area contributed by atoms with Crippen molar-refractivity contribution in [3.63, 3.8) is 0 Å². The smallest absolute Gasteiger partial charge is 0.378 e. The molecule has 1 aliphatic heterocycles. The van der Waals surface area contributed by atoms with E-state index < -0.39 is 23.1 Å². The fourth-order valence-corrected chi connectivity index (χ4v) is 4.99. The Morgan fingerprint density at radius 3 is 2.57 bits per heavy atom. The molecule has 1 atom stereocenters. The Morgan fingerprint density at radius 2 is 1.97 bits per heavy atom. The first kappa shape index (κ1) is 22.6. The zero-order chi connectivity index (χ0) is 22.3. The van der Waals surface area contributed by atoms with Crippen molar-refractivity contribution in [1.82, 2.24) is 9.97 Å². The fraction of sp³-hybridized carbons (Fsp3) is 0.400. The number of halogens is 4. The van der Waals surface area contributed by atoms with Gasteiger partial charge in [0.2, 0.25) is 0 Å². The number of carbonyl (C=O) groups excluding carboxylic acids is 1. The summed E-state index contributed by atoms with van der Waals surface area (Å²) in [6, 6.07) is 4.14. The van der Waals surface area contributed by atoms with Crippen molar-refractivity contribution in [3.8, 4) is 0 Å². The number of hydrogen-bond acceptors (Lipinski definition) is 6. The standard InChI is InChI=1S/C20H20ClF3N4OS/c1-18(2)10-19(3,28-17(25)30-18)15-7-11(4-5-26-15)6-14(29)16-13(21)8-12(9-27-16)20(22,23)24/h4-5,7-9H,6,10H2,1-3H3,(H2,25,28)/t19-/m0/s1. The minimum Gasteiger partial charge on any atom is -0.378 e. The summed E-state index contributed by atoms with van der Waals surface area (Å²) >= 11 is 7.39. The van der Waals surface area contributed by atoms with Crippen molar-refractivity contribution < 1.29 is 18.0 Å². The molecule has 0 amide bonds.